The van der Waals surface area contributed by atoms with Crippen LogP contribution in [0.3, 0.4) is 0 Å². The number of aromatic nitrogens is 2. The summed E-state index contributed by atoms with van der Waals surface area (Å²) in [6.45, 7) is 7.09. The maximum Gasteiger partial charge on any atom is 0.240 e. The molecule has 0 aliphatic heterocycles. The molecule has 1 heterocycles. The fraction of sp³-hybridized carbons (Fsp3) is 0.467. The molecular formula is C15H20FN3O. The summed E-state index contributed by atoms with van der Waals surface area (Å²) in [6.07, 6.45) is 0. The molecule has 1 aromatic heterocycles. The maximum atomic E-state index is 13.6. The zero-order valence-corrected chi connectivity index (χ0v) is 12.4. The van der Waals surface area contributed by atoms with Gasteiger partial charge in [0, 0.05) is 17.5 Å². The fourth-order valence-electron chi connectivity index (χ4n) is 1.83. The summed E-state index contributed by atoms with van der Waals surface area (Å²) in [5.74, 6) is 1.04. The Labute approximate surface area is 118 Å². The van der Waals surface area contributed by atoms with Crippen LogP contribution in [0.4, 0.5) is 4.39 Å². The number of rotatable bonds is 4. The van der Waals surface area contributed by atoms with Gasteiger partial charge in [0.05, 0.1) is 6.54 Å². The molecule has 0 amide bonds. The van der Waals surface area contributed by atoms with Crippen LogP contribution < -0.4 is 0 Å². The SMILES string of the molecule is CN(Cc1nc(C(C)(C)C)no1)Cc1ccccc1F. The van der Waals surface area contributed by atoms with Crippen LogP contribution in [0, 0.1) is 5.82 Å². The molecule has 4 nitrogen and oxygen atoms in total. The first-order valence-corrected chi connectivity index (χ1v) is 6.61. The normalized spacial score (nSPS) is 12.1. The average molecular weight is 277 g/mol. The van der Waals surface area contributed by atoms with Gasteiger partial charge in [0.1, 0.15) is 5.82 Å². The lowest BCUT2D eigenvalue weighted by atomic mass is 9.96. The van der Waals surface area contributed by atoms with Crippen LogP contribution >= 0.6 is 0 Å². The van der Waals surface area contributed by atoms with Gasteiger partial charge in [0.15, 0.2) is 5.82 Å². The van der Waals surface area contributed by atoms with Crippen molar-refractivity contribution in [3.8, 4) is 0 Å². The smallest absolute Gasteiger partial charge is 0.240 e. The first kappa shape index (κ1) is 14.7. The van der Waals surface area contributed by atoms with Gasteiger partial charge in [-0.3, -0.25) is 4.90 Å². The molecule has 0 fully saturated rings. The number of nitrogens with zero attached hydrogens (tertiary/aromatic N) is 3. The van der Waals surface area contributed by atoms with E-state index in [4.69, 9.17) is 4.52 Å². The summed E-state index contributed by atoms with van der Waals surface area (Å²) in [5.41, 5.74) is 0.525. The van der Waals surface area contributed by atoms with Crippen LogP contribution in [-0.2, 0) is 18.5 Å². The zero-order chi connectivity index (χ0) is 14.8. The van der Waals surface area contributed by atoms with Crippen LogP contribution in [0.5, 0.6) is 0 Å². The third-order valence-corrected chi connectivity index (χ3v) is 2.94. The van der Waals surface area contributed by atoms with Crippen molar-refractivity contribution in [3.05, 3.63) is 47.4 Å². The predicted octanol–water partition coefficient (Wildman–Crippen LogP) is 3.14. The topological polar surface area (TPSA) is 42.2 Å². The van der Waals surface area contributed by atoms with Gasteiger partial charge in [0.25, 0.3) is 0 Å². The van der Waals surface area contributed by atoms with Gasteiger partial charge in [-0.05, 0) is 13.1 Å². The van der Waals surface area contributed by atoms with E-state index in [0.717, 1.165) is 0 Å². The highest BCUT2D eigenvalue weighted by atomic mass is 19.1. The summed E-state index contributed by atoms with van der Waals surface area (Å²) in [6, 6.07) is 6.76. The largest absolute Gasteiger partial charge is 0.338 e. The van der Waals surface area contributed by atoms with Crippen molar-refractivity contribution in [2.24, 2.45) is 0 Å². The van der Waals surface area contributed by atoms with Gasteiger partial charge >= 0.3 is 0 Å². The summed E-state index contributed by atoms with van der Waals surface area (Å²) >= 11 is 0. The Bertz CT molecular complexity index is 574. The van der Waals surface area contributed by atoms with Gasteiger partial charge in [-0.25, -0.2) is 4.39 Å². The van der Waals surface area contributed by atoms with Gasteiger partial charge in [-0.1, -0.05) is 44.1 Å². The molecule has 2 aromatic rings. The van der Waals surface area contributed by atoms with Crippen LogP contribution in [0.1, 0.15) is 38.0 Å². The Morgan fingerprint density at radius 1 is 1.20 bits per heavy atom. The van der Waals surface area contributed by atoms with E-state index in [-0.39, 0.29) is 11.2 Å². The van der Waals surface area contributed by atoms with Crippen molar-refractivity contribution in [1.29, 1.82) is 0 Å². The first-order valence-electron chi connectivity index (χ1n) is 6.61. The second-order valence-electron chi connectivity index (χ2n) is 6.03. The summed E-state index contributed by atoms with van der Waals surface area (Å²) in [5, 5.41) is 3.98. The maximum absolute atomic E-state index is 13.6. The lowest BCUT2D eigenvalue weighted by molar-refractivity contribution is 0.257. The van der Waals surface area contributed by atoms with Crippen molar-refractivity contribution in [2.45, 2.75) is 39.3 Å². The van der Waals surface area contributed by atoms with Crippen LogP contribution in [0.15, 0.2) is 28.8 Å². The molecule has 108 valence electrons. The second kappa shape index (κ2) is 5.71. The minimum Gasteiger partial charge on any atom is -0.338 e. The van der Waals surface area contributed by atoms with Crippen molar-refractivity contribution in [3.63, 3.8) is 0 Å². The van der Waals surface area contributed by atoms with Crippen molar-refractivity contribution >= 4 is 0 Å². The monoisotopic (exact) mass is 277 g/mol. The molecule has 0 saturated carbocycles. The lowest BCUT2D eigenvalue weighted by Gasteiger charge is -2.14. The Hall–Kier alpha value is -1.75. The van der Waals surface area contributed by atoms with Crippen molar-refractivity contribution < 1.29 is 8.91 Å². The van der Waals surface area contributed by atoms with Crippen LogP contribution in [0.2, 0.25) is 0 Å². The second-order valence-corrected chi connectivity index (χ2v) is 6.03. The zero-order valence-electron chi connectivity index (χ0n) is 12.4. The van der Waals surface area contributed by atoms with Crippen LogP contribution in [-0.4, -0.2) is 22.1 Å². The molecule has 20 heavy (non-hydrogen) atoms. The Morgan fingerprint density at radius 2 is 1.90 bits per heavy atom. The molecule has 1 aromatic carbocycles. The Balaban J connectivity index is 2.00. The van der Waals surface area contributed by atoms with Crippen molar-refractivity contribution in [1.82, 2.24) is 15.0 Å². The van der Waals surface area contributed by atoms with Gasteiger partial charge in [0.2, 0.25) is 5.89 Å². The lowest BCUT2D eigenvalue weighted by Crippen LogP contribution is -2.19. The minimum absolute atomic E-state index is 0.133. The highest BCUT2D eigenvalue weighted by molar-refractivity contribution is 5.17. The van der Waals surface area contributed by atoms with E-state index in [0.29, 0.717) is 30.4 Å². The first-order chi connectivity index (χ1) is 9.36. The van der Waals surface area contributed by atoms with E-state index < -0.39 is 0 Å². The van der Waals surface area contributed by atoms with E-state index in [2.05, 4.69) is 10.1 Å². The molecule has 0 N–H and O–H groups in total. The number of hydrogen-bond acceptors (Lipinski definition) is 4. The van der Waals surface area contributed by atoms with E-state index in [1.54, 1.807) is 12.1 Å². The van der Waals surface area contributed by atoms with Gasteiger partial charge in [-0.2, -0.15) is 4.98 Å². The van der Waals surface area contributed by atoms with E-state index in [1.165, 1.54) is 6.07 Å². The van der Waals surface area contributed by atoms with E-state index >= 15 is 0 Å². The number of benzene rings is 1. The summed E-state index contributed by atoms with van der Waals surface area (Å²) in [7, 11) is 1.90. The number of halogens is 1. The highest BCUT2D eigenvalue weighted by Crippen LogP contribution is 2.19. The quantitative estimate of drug-likeness (QED) is 0.861. The Kier molecular flexibility index (Phi) is 4.18. The third-order valence-electron chi connectivity index (χ3n) is 2.94. The van der Waals surface area contributed by atoms with Gasteiger partial charge in [-0.15, -0.1) is 0 Å². The van der Waals surface area contributed by atoms with Crippen molar-refractivity contribution in [2.75, 3.05) is 7.05 Å². The van der Waals surface area contributed by atoms with Gasteiger partial charge < -0.3 is 4.52 Å². The molecule has 0 saturated heterocycles. The molecule has 5 heteroatoms. The highest BCUT2D eigenvalue weighted by Gasteiger charge is 2.21. The predicted molar refractivity (Wildman–Crippen MR) is 74.6 cm³/mol. The molecular weight excluding hydrogens is 257 g/mol. The molecule has 0 spiro atoms. The Morgan fingerprint density at radius 3 is 2.50 bits per heavy atom. The molecule has 2 rings (SSSR count). The molecule has 0 unspecified atom stereocenters. The average Bonchev–Trinajstić information content (AvgIpc) is 2.80. The van der Waals surface area contributed by atoms with E-state index in [9.17, 15) is 4.39 Å². The minimum atomic E-state index is -0.194. The molecule has 0 atom stereocenters. The third kappa shape index (κ3) is 3.63. The number of hydrogen-bond donors (Lipinski definition) is 0. The standard InChI is InChI=1S/C15H20FN3O/c1-15(2,3)14-17-13(20-18-14)10-19(4)9-11-7-5-6-8-12(11)16/h5-8H,9-10H2,1-4H3. The molecule has 0 aliphatic carbocycles. The molecule has 0 bridgehead atoms. The summed E-state index contributed by atoms with van der Waals surface area (Å²) in [4.78, 5) is 6.32. The fourth-order valence-corrected chi connectivity index (χ4v) is 1.83. The van der Waals surface area contributed by atoms with Crippen LogP contribution in [0.25, 0.3) is 0 Å². The molecule has 0 radical (unpaired) electrons. The summed E-state index contributed by atoms with van der Waals surface area (Å²) < 4.78 is 18.8. The van der Waals surface area contributed by atoms with E-state index in [1.807, 2.05) is 38.8 Å². The molecule has 0 aliphatic rings.